The molecule has 4 nitrogen and oxygen atoms in total. The zero-order chi connectivity index (χ0) is 16.1. The predicted molar refractivity (Wildman–Crippen MR) is 91.1 cm³/mol. The van der Waals surface area contributed by atoms with Crippen molar-refractivity contribution in [3.05, 3.63) is 50.7 Å². The summed E-state index contributed by atoms with van der Waals surface area (Å²) in [7, 11) is 0. The quantitative estimate of drug-likeness (QED) is 0.664. The monoisotopic (exact) mass is 336 g/mol. The summed E-state index contributed by atoms with van der Waals surface area (Å²) in [5, 5.41) is 4.72. The molecule has 116 valence electrons. The number of benzene rings is 1. The van der Waals surface area contributed by atoms with Crippen LogP contribution in [0.2, 0.25) is 5.02 Å². The highest BCUT2D eigenvalue weighted by molar-refractivity contribution is 7.14. The van der Waals surface area contributed by atoms with E-state index >= 15 is 0 Å². The van der Waals surface area contributed by atoms with E-state index in [0.29, 0.717) is 10.8 Å². The van der Waals surface area contributed by atoms with Gasteiger partial charge >= 0.3 is 0 Å². The van der Waals surface area contributed by atoms with Gasteiger partial charge in [-0.25, -0.2) is 5.43 Å². The van der Waals surface area contributed by atoms with Gasteiger partial charge in [-0.3, -0.25) is 4.79 Å². The molecule has 1 heterocycles. The Balaban J connectivity index is 1.88. The number of ether oxygens (including phenoxy) is 1. The Hall–Kier alpha value is -1.85. The molecule has 0 aliphatic carbocycles. The number of carbonyl (C=O) groups excluding carboxylic acids is 1. The van der Waals surface area contributed by atoms with Crippen molar-refractivity contribution >= 4 is 34.6 Å². The van der Waals surface area contributed by atoms with Crippen molar-refractivity contribution < 1.29 is 9.53 Å². The summed E-state index contributed by atoms with van der Waals surface area (Å²) in [6.07, 6.45) is 0. The van der Waals surface area contributed by atoms with E-state index < -0.39 is 0 Å². The van der Waals surface area contributed by atoms with Gasteiger partial charge in [0.05, 0.1) is 10.6 Å². The van der Waals surface area contributed by atoms with E-state index in [1.54, 1.807) is 29.5 Å². The van der Waals surface area contributed by atoms with Crippen LogP contribution in [0.15, 0.2) is 35.4 Å². The lowest BCUT2D eigenvalue weighted by molar-refractivity contribution is -0.123. The summed E-state index contributed by atoms with van der Waals surface area (Å²) in [5.74, 6) is 0.330. The number of nitrogens with zero attached hydrogens (tertiary/aromatic N) is 1. The molecule has 6 heteroatoms. The number of nitrogens with one attached hydrogen (secondary N) is 1. The lowest BCUT2D eigenvalue weighted by Crippen LogP contribution is -2.25. The average Bonchev–Trinajstić information content (AvgIpc) is 2.90. The molecule has 1 aromatic carbocycles. The van der Waals surface area contributed by atoms with E-state index in [4.69, 9.17) is 16.3 Å². The standard InChI is InChI=1S/C16H17ClN2O2S/c1-10-8-13(17)5-6-14(10)21-9-16(20)19-18-12(3)15-7-4-11(2)22-15/h4-8H,9H2,1-3H3,(H,19,20). The van der Waals surface area contributed by atoms with Gasteiger partial charge in [-0.2, -0.15) is 5.10 Å². The van der Waals surface area contributed by atoms with Crippen LogP contribution in [0.1, 0.15) is 22.2 Å². The molecule has 0 radical (unpaired) electrons. The molecule has 0 unspecified atom stereocenters. The number of amides is 1. The SMILES string of the molecule is CC(=NNC(=O)COc1ccc(Cl)cc1C)c1ccc(C)s1. The minimum Gasteiger partial charge on any atom is -0.483 e. The molecule has 1 N–H and O–H groups in total. The second kappa shape index (κ2) is 7.42. The van der Waals surface area contributed by atoms with Gasteiger partial charge in [0.25, 0.3) is 5.91 Å². The first kappa shape index (κ1) is 16.5. The van der Waals surface area contributed by atoms with Gasteiger partial charge in [0.1, 0.15) is 5.75 Å². The Morgan fingerprint density at radius 1 is 1.32 bits per heavy atom. The minimum absolute atomic E-state index is 0.0945. The molecular weight excluding hydrogens is 320 g/mol. The van der Waals surface area contributed by atoms with Crippen molar-refractivity contribution in [3.8, 4) is 5.75 Å². The molecule has 0 atom stereocenters. The Bertz CT molecular complexity index is 710. The maximum absolute atomic E-state index is 11.8. The van der Waals surface area contributed by atoms with Crippen molar-refractivity contribution in [2.75, 3.05) is 6.61 Å². The Labute approximate surface area is 138 Å². The number of hydrogen-bond donors (Lipinski definition) is 1. The van der Waals surface area contributed by atoms with Gasteiger partial charge in [-0.1, -0.05) is 11.6 Å². The summed E-state index contributed by atoms with van der Waals surface area (Å²) in [4.78, 5) is 14.0. The van der Waals surface area contributed by atoms with E-state index in [-0.39, 0.29) is 12.5 Å². The molecular formula is C16H17ClN2O2S. The highest BCUT2D eigenvalue weighted by Crippen LogP contribution is 2.21. The second-order valence-corrected chi connectivity index (χ2v) is 6.57. The van der Waals surface area contributed by atoms with Crippen molar-refractivity contribution in [2.24, 2.45) is 5.10 Å². The van der Waals surface area contributed by atoms with Crippen LogP contribution in [-0.4, -0.2) is 18.2 Å². The number of hydrazone groups is 1. The van der Waals surface area contributed by atoms with Gasteiger partial charge in [0.2, 0.25) is 0 Å². The Morgan fingerprint density at radius 2 is 2.09 bits per heavy atom. The molecule has 1 aromatic heterocycles. The number of halogens is 1. The lowest BCUT2D eigenvalue weighted by atomic mass is 10.2. The van der Waals surface area contributed by atoms with Crippen LogP contribution in [0.3, 0.4) is 0 Å². The number of rotatable bonds is 5. The molecule has 22 heavy (non-hydrogen) atoms. The minimum atomic E-state index is -0.304. The number of hydrogen-bond acceptors (Lipinski definition) is 4. The molecule has 0 aliphatic rings. The first-order chi connectivity index (χ1) is 10.5. The molecule has 2 rings (SSSR count). The van der Waals surface area contributed by atoms with E-state index in [0.717, 1.165) is 16.2 Å². The van der Waals surface area contributed by atoms with Crippen molar-refractivity contribution in [2.45, 2.75) is 20.8 Å². The number of thiophene rings is 1. The molecule has 0 fully saturated rings. The molecule has 0 spiro atoms. The second-order valence-electron chi connectivity index (χ2n) is 4.84. The third kappa shape index (κ3) is 4.58. The Kier molecular flexibility index (Phi) is 5.57. The van der Waals surface area contributed by atoms with Crippen LogP contribution in [0, 0.1) is 13.8 Å². The van der Waals surface area contributed by atoms with E-state index in [1.807, 2.05) is 32.9 Å². The third-order valence-electron chi connectivity index (χ3n) is 2.94. The van der Waals surface area contributed by atoms with Crippen molar-refractivity contribution in [1.82, 2.24) is 5.43 Å². The first-order valence-corrected chi connectivity index (χ1v) is 7.94. The van der Waals surface area contributed by atoms with Crippen LogP contribution in [0.5, 0.6) is 5.75 Å². The van der Waals surface area contributed by atoms with Gasteiger partial charge in [-0.05, 0) is 56.7 Å². The lowest BCUT2D eigenvalue weighted by Gasteiger charge is -2.08. The molecule has 2 aromatic rings. The molecule has 0 saturated carbocycles. The van der Waals surface area contributed by atoms with Crippen LogP contribution in [-0.2, 0) is 4.79 Å². The van der Waals surface area contributed by atoms with Gasteiger partial charge in [0.15, 0.2) is 6.61 Å². The third-order valence-corrected chi connectivity index (χ3v) is 4.29. The first-order valence-electron chi connectivity index (χ1n) is 6.74. The van der Waals surface area contributed by atoms with Crippen LogP contribution < -0.4 is 10.2 Å². The summed E-state index contributed by atoms with van der Waals surface area (Å²) >= 11 is 7.51. The Morgan fingerprint density at radius 3 is 2.73 bits per heavy atom. The fourth-order valence-corrected chi connectivity index (χ4v) is 2.82. The highest BCUT2D eigenvalue weighted by Gasteiger charge is 2.06. The maximum atomic E-state index is 11.8. The fraction of sp³-hybridized carbons (Fsp3) is 0.250. The van der Waals surface area contributed by atoms with Gasteiger partial charge < -0.3 is 4.74 Å². The van der Waals surface area contributed by atoms with Crippen molar-refractivity contribution in [3.63, 3.8) is 0 Å². The molecule has 0 aliphatic heterocycles. The number of carbonyl (C=O) groups is 1. The molecule has 0 bridgehead atoms. The normalized spacial score (nSPS) is 11.4. The zero-order valence-corrected chi connectivity index (χ0v) is 14.2. The van der Waals surface area contributed by atoms with E-state index in [2.05, 4.69) is 10.5 Å². The van der Waals surface area contributed by atoms with Gasteiger partial charge in [0, 0.05) is 9.90 Å². The predicted octanol–water partition coefficient (Wildman–Crippen LogP) is 3.94. The van der Waals surface area contributed by atoms with Gasteiger partial charge in [-0.15, -0.1) is 11.3 Å². The maximum Gasteiger partial charge on any atom is 0.277 e. The summed E-state index contributed by atoms with van der Waals surface area (Å²) in [6, 6.07) is 9.26. The number of aryl methyl sites for hydroxylation is 2. The fourth-order valence-electron chi connectivity index (χ4n) is 1.78. The summed E-state index contributed by atoms with van der Waals surface area (Å²) < 4.78 is 5.46. The smallest absolute Gasteiger partial charge is 0.277 e. The average molecular weight is 337 g/mol. The highest BCUT2D eigenvalue weighted by atomic mass is 35.5. The van der Waals surface area contributed by atoms with Crippen LogP contribution in [0.25, 0.3) is 0 Å². The van der Waals surface area contributed by atoms with Crippen LogP contribution >= 0.6 is 22.9 Å². The zero-order valence-electron chi connectivity index (χ0n) is 12.6. The summed E-state index contributed by atoms with van der Waals surface area (Å²) in [6.45, 7) is 5.67. The van der Waals surface area contributed by atoms with Crippen LogP contribution in [0.4, 0.5) is 0 Å². The summed E-state index contributed by atoms with van der Waals surface area (Å²) in [5.41, 5.74) is 4.15. The van der Waals surface area contributed by atoms with E-state index in [9.17, 15) is 4.79 Å². The largest absolute Gasteiger partial charge is 0.483 e. The molecule has 0 saturated heterocycles. The topological polar surface area (TPSA) is 50.7 Å². The molecule has 1 amide bonds. The van der Waals surface area contributed by atoms with Crippen molar-refractivity contribution in [1.29, 1.82) is 0 Å². The van der Waals surface area contributed by atoms with E-state index in [1.165, 1.54) is 4.88 Å².